The standard InChI is InChI=1S/C37H28N2S.C24H15BrS.C19H25BN2O2/c1-23-24(2)38-25(3)39-37(23)28-15-13-27(14-16-28)31-19-30(26-9-5-4-6-10-26)20-32(21-31)29-17-18-36-34(22-29)33-11-7-8-12-35(33)40-36;25-20-13-18(16-6-2-1-3-7-16)12-19(14-20)17-10-11-24-22(15-17)21-8-4-5-9-23(21)26-24;1-12-13(2)21-14(3)22-17(12)15-8-10-16(11-9-15)20-23-18(4,5)19(6,7)24-20/h4-22H,1-3H3;1-15H;8-11H,1-7H3. The highest BCUT2D eigenvalue weighted by Crippen LogP contribution is 2.42. The minimum Gasteiger partial charge on any atom is -0.399 e. The largest absolute Gasteiger partial charge is 0.494 e. The Morgan fingerprint density at radius 3 is 1.10 bits per heavy atom. The number of thiophene rings is 2. The van der Waals surface area contributed by atoms with Gasteiger partial charge in [-0.1, -0.05) is 174 Å². The van der Waals surface area contributed by atoms with Gasteiger partial charge in [-0.15, -0.1) is 22.7 Å². The van der Waals surface area contributed by atoms with Crippen molar-refractivity contribution in [1.29, 1.82) is 0 Å². The first-order valence-electron chi connectivity index (χ1n) is 30.5. The van der Waals surface area contributed by atoms with Gasteiger partial charge in [0.2, 0.25) is 0 Å². The summed E-state index contributed by atoms with van der Waals surface area (Å²) in [4.78, 5) is 18.3. The van der Waals surface area contributed by atoms with Gasteiger partial charge in [-0.05, 0) is 214 Å². The van der Waals surface area contributed by atoms with Crippen molar-refractivity contribution in [2.45, 2.75) is 80.4 Å². The maximum atomic E-state index is 6.11. The minimum absolute atomic E-state index is 0.326. The molecule has 0 spiro atoms. The summed E-state index contributed by atoms with van der Waals surface area (Å²) in [7, 11) is -0.334. The third-order valence-electron chi connectivity index (χ3n) is 17.7. The molecule has 1 saturated heterocycles. The molecule has 5 heterocycles. The highest BCUT2D eigenvalue weighted by Gasteiger charge is 2.51. The number of benzene rings is 10. The van der Waals surface area contributed by atoms with Gasteiger partial charge in [0.15, 0.2) is 0 Å². The molecule has 0 unspecified atom stereocenters. The molecule has 0 radical (unpaired) electrons. The van der Waals surface area contributed by atoms with Crippen LogP contribution in [0, 0.1) is 41.5 Å². The van der Waals surface area contributed by atoms with Crippen molar-refractivity contribution in [3.8, 4) is 78.1 Å². The van der Waals surface area contributed by atoms with Crippen LogP contribution in [0.1, 0.15) is 61.9 Å². The van der Waals surface area contributed by atoms with Crippen LogP contribution in [0.4, 0.5) is 0 Å². The van der Waals surface area contributed by atoms with E-state index >= 15 is 0 Å². The first-order chi connectivity index (χ1) is 43.4. The van der Waals surface area contributed by atoms with Gasteiger partial charge in [0.1, 0.15) is 11.6 Å². The zero-order valence-electron chi connectivity index (χ0n) is 52.3. The van der Waals surface area contributed by atoms with Crippen molar-refractivity contribution in [3.63, 3.8) is 0 Å². The Hall–Kier alpha value is -8.74. The molecule has 14 aromatic rings. The van der Waals surface area contributed by atoms with Crippen LogP contribution < -0.4 is 5.46 Å². The van der Waals surface area contributed by atoms with Gasteiger partial charge in [0.25, 0.3) is 0 Å². The summed E-state index contributed by atoms with van der Waals surface area (Å²) in [6.45, 7) is 20.4. The summed E-state index contributed by atoms with van der Waals surface area (Å²) >= 11 is 7.41. The quantitative estimate of drug-likeness (QED) is 0.141. The van der Waals surface area contributed by atoms with Crippen molar-refractivity contribution in [3.05, 3.63) is 269 Å². The van der Waals surface area contributed by atoms with E-state index in [1.807, 2.05) is 43.4 Å². The molecule has 4 aromatic heterocycles. The van der Waals surface area contributed by atoms with E-state index in [2.05, 4.69) is 310 Å². The van der Waals surface area contributed by atoms with Gasteiger partial charge >= 0.3 is 7.12 Å². The summed E-state index contributed by atoms with van der Waals surface area (Å²) in [5, 5.41) is 5.32. The van der Waals surface area contributed by atoms with Crippen molar-refractivity contribution in [2.75, 3.05) is 0 Å². The Morgan fingerprint density at radius 2 is 0.656 bits per heavy atom. The topological polar surface area (TPSA) is 70.0 Å². The third-order valence-corrected chi connectivity index (χ3v) is 20.4. The summed E-state index contributed by atoms with van der Waals surface area (Å²) in [5.74, 6) is 1.60. The van der Waals surface area contributed by atoms with E-state index in [0.717, 1.165) is 66.6 Å². The molecule has 90 heavy (non-hydrogen) atoms. The summed E-state index contributed by atoms with van der Waals surface area (Å²) < 4.78 is 18.7. The number of aromatic nitrogens is 4. The van der Waals surface area contributed by atoms with Crippen LogP contribution in [0.5, 0.6) is 0 Å². The second kappa shape index (κ2) is 24.9. The maximum Gasteiger partial charge on any atom is 0.494 e. The van der Waals surface area contributed by atoms with E-state index < -0.39 is 0 Å². The smallest absolute Gasteiger partial charge is 0.399 e. The molecular weight excluding hydrogens is 1200 g/mol. The molecule has 0 N–H and O–H groups in total. The number of aryl methyl sites for hydroxylation is 4. The van der Waals surface area contributed by atoms with Crippen LogP contribution in [0.25, 0.3) is 118 Å². The van der Waals surface area contributed by atoms with Crippen molar-refractivity contribution in [2.24, 2.45) is 0 Å². The number of nitrogens with zero attached hydrogens (tertiary/aromatic N) is 4. The molecule has 0 atom stereocenters. The van der Waals surface area contributed by atoms with Crippen LogP contribution in [-0.2, 0) is 9.31 Å². The number of hydrogen-bond acceptors (Lipinski definition) is 8. The molecule has 10 aromatic carbocycles. The van der Waals surface area contributed by atoms with Crippen LogP contribution in [0.2, 0.25) is 0 Å². The summed E-state index contributed by atoms with van der Waals surface area (Å²) in [6.07, 6.45) is 0. The Bertz CT molecular complexity index is 4970. The van der Waals surface area contributed by atoms with Crippen LogP contribution >= 0.6 is 38.6 Å². The lowest BCUT2D eigenvalue weighted by Gasteiger charge is -2.32. The molecule has 0 aliphatic carbocycles. The van der Waals surface area contributed by atoms with Gasteiger partial charge in [-0.2, -0.15) is 0 Å². The molecule has 15 rings (SSSR count). The van der Waals surface area contributed by atoms with Gasteiger partial charge in [-0.25, -0.2) is 19.9 Å². The molecule has 0 bridgehead atoms. The molecule has 0 amide bonds. The fraction of sp³-hybridized carbons (Fsp3) is 0.150. The predicted molar refractivity (Wildman–Crippen MR) is 386 cm³/mol. The number of rotatable bonds is 8. The van der Waals surface area contributed by atoms with E-state index in [0.29, 0.717) is 0 Å². The maximum absolute atomic E-state index is 6.11. The highest BCUT2D eigenvalue weighted by atomic mass is 79.9. The van der Waals surface area contributed by atoms with Crippen LogP contribution in [-0.4, -0.2) is 38.3 Å². The van der Waals surface area contributed by atoms with E-state index in [1.165, 1.54) is 96.0 Å². The van der Waals surface area contributed by atoms with Crippen molar-refractivity contribution in [1.82, 2.24) is 19.9 Å². The molecule has 10 heteroatoms. The Kier molecular flexibility index (Phi) is 16.7. The van der Waals surface area contributed by atoms with Gasteiger partial charge in [-0.3, -0.25) is 0 Å². The Morgan fingerprint density at radius 1 is 0.322 bits per heavy atom. The van der Waals surface area contributed by atoms with Gasteiger partial charge in [0.05, 0.1) is 22.6 Å². The molecule has 1 aliphatic rings. The average Bonchev–Trinajstić information content (AvgIpc) is 1.70. The van der Waals surface area contributed by atoms with Crippen LogP contribution in [0.3, 0.4) is 0 Å². The fourth-order valence-electron chi connectivity index (χ4n) is 11.8. The first kappa shape index (κ1) is 60.2. The summed E-state index contributed by atoms with van der Waals surface area (Å²) in [6, 6.07) is 82.9. The Balaban J connectivity index is 0.000000130. The number of halogens is 1. The second-order valence-corrected chi connectivity index (χ2v) is 27.4. The van der Waals surface area contributed by atoms with Crippen LogP contribution in [0.15, 0.2) is 235 Å². The summed E-state index contributed by atoms with van der Waals surface area (Å²) in [5.41, 5.74) is 21.1. The number of fused-ring (bicyclic) bond motifs is 6. The molecule has 1 aliphatic heterocycles. The van der Waals surface area contributed by atoms with E-state index in [9.17, 15) is 0 Å². The van der Waals surface area contributed by atoms with E-state index in [1.54, 1.807) is 0 Å². The lowest BCUT2D eigenvalue weighted by molar-refractivity contribution is 0.00578. The molecule has 1 fully saturated rings. The van der Waals surface area contributed by atoms with Crippen molar-refractivity contribution >= 4 is 91.5 Å². The molecule has 6 nitrogen and oxygen atoms in total. The zero-order valence-corrected chi connectivity index (χ0v) is 55.5. The number of hydrogen-bond donors (Lipinski definition) is 0. The predicted octanol–water partition coefficient (Wildman–Crippen LogP) is 22.0. The molecular formula is C80H68BBrN4O2S2. The molecule has 0 saturated carbocycles. The van der Waals surface area contributed by atoms with E-state index in [-0.39, 0.29) is 18.3 Å². The average molecular weight is 1270 g/mol. The minimum atomic E-state index is -0.334. The first-order valence-corrected chi connectivity index (χ1v) is 32.9. The Labute approximate surface area is 544 Å². The van der Waals surface area contributed by atoms with Crippen molar-refractivity contribution < 1.29 is 9.31 Å². The molecule has 442 valence electrons. The lowest BCUT2D eigenvalue weighted by atomic mass is 9.78. The SMILES string of the molecule is Brc1cc(-c2ccccc2)cc(-c2ccc3sc4ccccc4c3c2)c1.Cc1nc(C)c(C)c(-c2ccc(-c3cc(-c4ccccc4)cc(-c4ccc5sc6ccccc6c5c4)c3)cc2)n1.Cc1nc(C)c(C)c(-c2ccc(B3OC(C)(C)C(C)(C)O3)cc2)n1. The zero-order chi connectivity index (χ0) is 62.4. The normalized spacial score (nSPS) is 13.3. The van der Waals surface area contributed by atoms with Gasteiger partial charge < -0.3 is 9.31 Å². The fourth-order valence-corrected chi connectivity index (χ4v) is 14.5. The third kappa shape index (κ3) is 12.4. The highest BCUT2D eigenvalue weighted by molar-refractivity contribution is 9.10. The monoisotopic (exact) mass is 1270 g/mol. The lowest BCUT2D eigenvalue weighted by Crippen LogP contribution is -2.41. The van der Waals surface area contributed by atoms with E-state index in [4.69, 9.17) is 14.3 Å². The van der Waals surface area contributed by atoms with Gasteiger partial charge in [0, 0.05) is 67.3 Å². The second-order valence-electron chi connectivity index (χ2n) is 24.3.